The number of anilines is 2. The molecule has 0 aliphatic carbocycles. The fraction of sp³-hybridized carbons (Fsp3) is 0.350. The number of ether oxygens (including phenoxy) is 2. The van der Waals surface area contributed by atoms with Crippen LogP contribution in [0.1, 0.15) is 35.4 Å². The van der Waals surface area contributed by atoms with Gasteiger partial charge < -0.3 is 20.5 Å². The summed E-state index contributed by atoms with van der Waals surface area (Å²) in [5, 5.41) is 6.98. The zero-order valence-electron chi connectivity index (χ0n) is 16.9. The topological polar surface area (TPSA) is 104 Å². The number of nitrogens with one attached hydrogen (secondary N) is 1. The number of nitrogen functional groups attached to an aromatic ring is 1. The van der Waals surface area contributed by atoms with Crippen LogP contribution in [0.15, 0.2) is 24.4 Å². The molecule has 0 bridgehead atoms. The van der Waals surface area contributed by atoms with Crippen molar-refractivity contribution in [2.75, 3.05) is 24.8 Å². The number of halogens is 2. The third-order valence-electron chi connectivity index (χ3n) is 5.16. The molecule has 8 nitrogen and oxygen atoms in total. The van der Waals surface area contributed by atoms with Gasteiger partial charge in [0.1, 0.15) is 27.3 Å². The molecule has 1 fully saturated rings. The summed E-state index contributed by atoms with van der Waals surface area (Å²) < 4.78 is 41.4. The number of rotatable bonds is 5. The Bertz CT molecular complexity index is 1100. The molecule has 3 aromatic rings. The van der Waals surface area contributed by atoms with E-state index < -0.39 is 23.3 Å². The monoisotopic (exact) mass is 449 g/mol. The highest BCUT2D eigenvalue weighted by atomic mass is 32.1. The molecule has 1 unspecified atom stereocenters. The smallest absolute Gasteiger partial charge is 0.277 e. The van der Waals surface area contributed by atoms with Crippen LogP contribution in [-0.2, 0) is 22.3 Å². The molecule has 1 aliphatic rings. The second kappa shape index (κ2) is 8.33. The number of methoxy groups -OCH3 is 1. The van der Waals surface area contributed by atoms with E-state index in [1.807, 2.05) is 0 Å². The minimum absolute atomic E-state index is 0.0198. The third kappa shape index (κ3) is 3.80. The van der Waals surface area contributed by atoms with Crippen molar-refractivity contribution in [2.24, 2.45) is 7.05 Å². The number of thiazole rings is 1. The first-order valence-electron chi connectivity index (χ1n) is 9.60. The summed E-state index contributed by atoms with van der Waals surface area (Å²) in [4.78, 5) is 17.0. The van der Waals surface area contributed by atoms with Gasteiger partial charge in [-0.25, -0.2) is 13.8 Å². The Morgan fingerprint density at radius 1 is 1.35 bits per heavy atom. The van der Waals surface area contributed by atoms with Gasteiger partial charge in [-0.2, -0.15) is 5.10 Å². The van der Waals surface area contributed by atoms with E-state index in [4.69, 9.17) is 15.2 Å². The van der Waals surface area contributed by atoms with Crippen LogP contribution in [0.25, 0.3) is 10.6 Å². The quantitative estimate of drug-likeness (QED) is 0.616. The molecule has 0 radical (unpaired) electrons. The molecule has 1 amide bonds. The summed E-state index contributed by atoms with van der Waals surface area (Å²) >= 11 is 0.832. The summed E-state index contributed by atoms with van der Waals surface area (Å²) in [7, 11) is 3.26. The maximum Gasteiger partial charge on any atom is 0.277 e. The second-order valence-corrected chi connectivity index (χ2v) is 8.11. The first kappa shape index (κ1) is 21.3. The Morgan fingerprint density at radius 2 is 2.10 bits per heavy atom. The van der Waals surface area contributed by atoms with Crippen LogP contribution in [0.5, 0.6) is 0 Å². The number of nitrogens with zero attached hydrogens (tertiary/aromatic N) is 3. The zero-order chi connectivity index (χ0) is 22.2. The van der Waals surface area contributed by atoms with E-state index in [1.54, 1.807) is 11.7 Å². The van der Waals surface area contributed by atoms with E-state index in [9.17, 15) is 13.6 Å². The lowest BCUT2D eigenvalue weighted by Gasteiger charge is -2.36. The molecule has 11 heteroatoms. The number of nitrogens with two attached hydrogens (primary N) is 1. The number of hydrogen-bond acceptors (Lipinski definition) is 7. The van der Waals surface area contributed by atoms with Gasteiger partial charge in [0.15, 0.2) is 5.69 Å². The standard InChI is InChI=1S/C20H21F2N5O3S/c1-27-16(20(29-2)8-3-4-9-30-20)13(10-24-27)25-18(28)15-17(23)31-19(26-15)14-11(21)6-5-7-12(14)22/h5-7,10H,3-4,8-9,23H2,1-2H3,(H,25,28). The molecular formula is C20H21F2N5O3S. The SMILES string of the molecule is COC1(c2c(NC(=O)c3nc(-c4c(F)cccc4F)sc3N)cnn2C)CCCCO1. The minimum atomic E-state index is -1.04. The second-order valence-electron chi connectivity index (χ2n) is 7.08. The lowest BCUT2D eigenvalue weighted by molar-refractivity contribution is -0.255. The van der Waals surface area contributed by atoms with Crippen molar-refractivity contribution >= 4 is 27.9 Å². The van der Waals surface area contributed by atoms with Crippen LogP contribution in [0.2, 0.25) is 0 Å². The molecule has 1 saturated heterocycles. The Morgan fingerprint density at radius 3 is 2.74 bits per heavy atom. The molecule has 1 atom stereocenters. The van der Waals surface area contributed by atoms with E-state index in [0.29, 0.717) is 24.4 Å². The molecule has 4 rings (SSSR count). The highest BCUT2D eigenvalue weighted by Crippen LogP contribution is 2.40. The van der Waals surface area contributed by atoms with Gasteiger partial charge in [-0.15, -0.1) is 0 Å². The van der Waals surface area contributed by atoms with Crippen molar-refractivity contribution in [1.82, 2.24) is 14.8 Å². The normalized spacial score (nSPS) is 18.8. The van der Waals surface area contributed by atoms with E-state index in [2.05, 4.69) is 15.4 Å². The van der Waals surface area contributed by atoms with Gasteiger partial charge >= 0.3 is 0 Å². The van der Waals surface area contributed by atoms with Crippen LogP contribution in [0, 0.1) is 11.6 Å². The predicted molar refractivity (Wildman–Crippen MR) is 112 cm³/mol. The number of aromatic nitrogens is 3. The Balaban J connectivity index is 1.66. The molecule has 3 heterocycles. The summed E-state index contributed by atoms with van der Waals surface area (Å²) in [5.41, 5.74) is 6.43. The molecule has 1 aromatic carbocycles. The maximum absolute atomic E-state index is 14.1. The van der Waals surface area contributed by atoms with Gasteiger partial charge in [0.25, 0.3) is 5.91 Å². The van der Waals surface area contributed by atoms with Gasteiger partial charge in [-0.1, -0.05) is 17.4 Å². The average molecular weight is 449 g/mol. The van der Waals surface area contributed by atoms with Gasteiger partial charge in [-0.05, 0) is 25.0 Å². The Hall–Kier alpha value is -2.89. The van der Waals surface area contributed by atoms with Crippen LogP contribution >= 0.6 is 11.3 Å². The summed E-state index contributed by atoms with van der Waals surface area (Å²) in [5.74, 6) is -3.24. The van der Waals surface area contributed by atoms with Gasteiger partial charge in [-0.3, -0.25) is 9.48 Å². The number of carbonyl (C=O) groups excluding carboxylic acids is 1. The van der Waals surface area contributed by atoms with Crippen molar-refractivity contribution in [3.8, 4) is 10.6 Å². The van der Waals surface area contributed by atoms with Crippen molar-refractivity contribution < 1.29 is 23.0 Å². The first-order chi connectivity index (χ1) is 14.9. The van der Waals surface area contributed by atoms with Crippen LogP contribution in [0.4, 0.5) is 19.5 Å². The van der Waals surface area contributed by atoms with Gasteiger partial charge in [0, 0.05) is 20.6 Å². The van der Waals surface area contributed by atoms with Crippen molar-refractivity contribution in [1.29, 1.82) is 0 Å². The number of carbonyl (C=O) groups is 1. The fourth-order valence-electron chi connectivity index (χ4n) is 3.68. The molecule has 0 spiro atoms. The predicted octanol–water partition coefficient (Wildman–Crippen LogP) is 3.66. The molecule has 0 saturated carbocycles. The summed E-state index contributed by atoms with van der Waals surface area (Å²) in [6.07, 6.45) is 3.88. The molecule has 1 aliphatic heterocycles. The minimum Gasteiger partial charge on any atom is -0.389 e. The van der Waals surface area contributed by atoms with Crippen LogP contribution in [0.3, 0.4) is 0 Å². The van der Waals surface area contributed by atoms with E-state index in [0.717, 1.165) is 36.3 Å². The lowest BCUT2D eigenvalue weighted by Crippen LogP contribution is -2.38. The number of amides is 1. The first-order valence-corrected chi connectivity index (χ1v) is 10.4. The maximum atomic E-state index is 14.1. The largest absolute Gasteiger partial charge is 0.389 e. The molecule has 3 N–H and O–H groups in total. The molecular weight excluding hydrogens is 428 g/mol. The van der Waals surface area contributed by atoms with Gasteiger partial charge in [0.05, 0.1) is 24.1 Å². The Kier molecular flexibility index (Phi) is 5.73. The number of aryl methyl sites for hydroxylation is 1. The lowest BCUT2D eigenvalue weighted by atomic mass is 10.0. The third-order valence-corrected chi connectivity index (χ3v) is 6.06. The van der Waals surface area contributed by atoms with Crippen LogP contribution in [-0.4, -0.2) is 34.4 Å². The average Bonchev–Trinajstić information content (AvgIpc) is 3.31. The number of benzene rings is 1. The number of hydrogen-bond donors (Lipinski definition) is 2. The highest BCUT2D eigenvalue weighted by Gasteiger charge is 2.41. The van der Waals surface area contributed by atoms with E-state index in [1.165, 1.54) is 19.4 Å². The van der Waals surface area contributed by atoms with E-state index >= 15 is 0 Å². The highest BCUT2D eigenvalue weighted by molar-refractivity contribution is 7.19. The zero-order valence-corrected chi connectivity index (χ0v) is 17.8. The van der Waals surface area contributed by atoms with Crippen molar-refractivity contribution in [3.05, 3.63) is 47.4 Å². The van der Waals surface area contributed by atoms with Gasteiger partial charge in [0.2, 0.25) is 5.79 Å². The van der Waals surface area contributed by atoms with Crippen molar-refractivity contribution in [3.63, 3.8) is 0 Å². The Labute approximate surface area is 181 Å². The van der Waals surface area contributed by atoms with Crippen molar-refractivity contribution in [2.45, 2.75) is 25.0 Å². The van der Waals surface area contributed by atoms with Crippen LogP contribution < -0.4 is 11.1 Å². The summed E-state index contributed by atoms with van der Waals surface area (Å²) in [6.45, 7) is 0.517. The molecule has 31 heavy (non-hydrogen) atoms. The molecule has 164 valence electrons. The molecule has 2 aromatic heterocycles. The van der Waals surface area contributed by atoms with E-state index in [-0.39, 0.29) is 21.3 Å². The summed E-state index contributed by atoms with van der Waals surface area (Å²) in [6, 6.07) is 3.49. The fourth-order valence-corrected chi connectivity index (χ4v) is 4.56.